The molecule has 0 unspecified atom stereocenters. The molecule has 1 aliphatic rings. The van der Waals surface area contributed by atoms with Crippen molar-refractivity contribution in [1.29, 1.82) is 0 Å². The summed E-state index contributed by atoms with van der Waals surface area (Å²) >= 11 is 0. The molecule has 7 heteroatoms. The molecular weight excluding hydrogens is 386 g/mol. The Morgan fingerprint density at radius 2 is 1.77 bits per heavy atom. The fourth-order valence-electron chi connectivity index (χ4n) is 4.26. The molecule has 0 aliphatic carbocycles. The Balaban J connectivity index is 1.27. The molecule has 7 nitrogen and oxygen atoms in total. The van der Waals surface area contributed by atoms with Gasteiger partial charge in [-0.3, -0.25) is 4.90 Å². The number of piperazine rings is 1. The Kier molecular flexibility index (Phi) is 6.14. The molecule has 31 heavy (non-hydrogen) atoms. The van der Waals surface area contributed by atoms with Crippen LogP contribution in [0.15, 0.2) is 30.9 Å². The van der Waals surface area contributed by atoms with Gasteiger partial charge >= 0.3 is 0 Å². The maximum absolute atomic E-state index is 4.56. The number of anilines is 2. The first-order chi connectivity index (χ1) is 14.8. The van der Waals surface area contributed by atoms with Crippen molar-refractivity contribution in [3.05, 3.63) is 42.0 Å². The number of aryl methyl sites for hydroxylation is 1. The molecule has 1 aliphatic heterocycles. The molecule has 4 rings (SSSR count). The van der Waals surface area contributed by atoms with E-state index in [0.29, 0.717) is 0 Å². The van der Waals surface area contributed by atoms with Gasteiger partial charge in [-0.1, -0.05) is 12.1 Å². The lowest BCUT2D eigenvalue weighted by atomic mass is 10.1. The fourth-order valence-corrected chi connectivity index (χ4v) is 4.26. The third-order valence-corrected chi connectivity index (χ3v) is 6.29. The Bertz CT molecular complexity index is 1030. The lowest BCUT2D eigenvalue weighted by Crippen LogP contribution is -2.47. The number of imidazole rings is 1. The summed E-state index contributed by atoms with van der Waals surface area (Å²) in [5.74, 6) is 0.827. The van der Waals surface area contributed by atoms with Gasteiger partial charge in [0.05, 0.1) is 6.33 Å². The first kappa shape index (κ1) is 21.6. The zero-order chi connectivity index (χ0) is 22.0. The van der Waals surface area contributed by atoms with Crippen LogP contribution in [-0.2, 0) is 5.54 Å². The van der Waals surface area contributed by atoms with E-state index in [1.807, 2.05) is 6.33 Å². The number of fused-ring (bicyclic) bond motifs is 1. The van der Waals surface area contributed by atoms with Gasteiger partial charge in [-0.15, -0.1) is 0 Å². The fraction of sp³-hybridized carbons (Fsp3) is 0.542. The van der Waals surface area contributed by atoms with Gasteiger partial charge in [-0.2, -0.15) is 0 Å². The average Bonchev–Trinajstić information content (AvgIpc) is 3.19. The summed E-state index contributed by atoms with van der Waals surface area (Å²) in [7, 11) is 0. The average molecular weight is 422 g/mol. The lowest BCUT2D eigenvalue weighted by Gasteiger charge is -2.37. The maximum atomic E-state index is 4.56. The Labute approximate surface area is 185 Å². The summed E-state index contributed by atoms with van der Waals surface area (Å²) in [4.78, 5) is 18.5. The summed E-state index contributed by atoms with van der Waals surface area (Å²) in [6.07, 6.45) is 4.57. The van der Waals surface area contributed by atoms with Gasteiger partial charge in [-0.25, -0.2) is 15.0 Å². The number of rotatable bonds is 6. The normalized spacial score (nSPS) is 15.6. The van der Waals surface area contributed by atoms with E-state index in [1.165, 1.54) is 16.8 Å². The minimum atomic E-state index is -0.0560. The van der Waals surface area contributed by atoms with Crippen LogP contribution in [0.25, 0.3) is 11.2 Å². The van der Waals surface area contributed by atoms with E-state index in [1.54, 1.807) is 6.33 Å². The van der Waals surface area contributed by atoms with Crippen LogP contribution in [0.1, 0.15) is 38.3 Å². The van der Waals surface area contributed by atoms with Crippen LogP contribution in [0, 0.1) is 13.8 Å². The molecule has 0 amide bonds. The van der Waals surface area contributed by atoms with E-state index in [9.17, 15) is 0 Å². The molecule has 166 valence electrons. The first-order valence-corrected chi connectivity index (χ1v) is 11.3. The number of nitrogens with one attached hydrogen (secondary N) is 1. The number of nitrogens with zero attached hydrogens (tertiary/aromatic N) is 6. The van der Waals surface area contributed by atoms with E-state index in [2.05, 4.69) is 87.5 Å². The van der Waals surface area contributed by atoms with E-state index >= 15 is 0 Å². The second-order valence-corrected chi connectivity index (χ2v) is 9.51. The minimum absolute atomic E-state index is 0.0560. The molecule has 1 saturated heterocycles. The highest BCUT2D eigenvalue weighted by Crippen LogP contribution is 2.25. The van der Waals surface area contributed by atoms with Crippen LogP contribution in [0.2, 0.25) is 0 Å². The van der Waals surface area contributed by atoms with Crippen molar-refractivity contribution in [2.75, 3.05) is 49.5 Å². The van der Waals surface area contributed by atoms with Gasteiger partial charge in [0.2, 0.25) is 0 Å². The Morgan fingerprint density at radius 3 is 2.52 bits per heavy atom. The van der Waals surface area contributed by atoms with Gasteiger partial charge < -0.3 is 14.8 Å². The third kappa shape index (κ3) is 4.66. The van der Waals surface area contributed by atoms with Gasteiger partial charge in [0.1, 0.15) is 11.8 Å². The van der Waals surface area contributed by atoms with Crippen LogP contribution in [0.4, 0.5) is 11.5 Å². The standard InChI is InChI=1S/C24H35N7/c1-18-8-6-9-20(19(18)2)30-14-12-29(13-15-30)11-7-10-25-22-21-23(27-16-26-22)31(17-28-21)24(3,4)5/h6,8-9,16-17H,7,10-15H2,1-5H3,(H,25,26,27). The van der Waals surface area contributed by atoms with Crippen molar-refractivity contribution < 1.29 is 0 Å². The van der Waals surface area contributed by atoms with Crippen LogP contribution >= 0.6 is 0 Å². The Morgan fingerprint density at radius 1 is 1.00 bits per heavy atom. The largest absolute Gasteiger partial charge is 0.369 e. The number of hydrogen-bond donors (Lipinski definition) is 1. The Hall–Kier alpha value is -2.67. The maximum Gasteiger partial charge on any atom is 0.165 e. The van der Waals surface area contributed by atoms with Crippen LogP contribution in [0.3, 0.4) is 0 Å². The van der Waals surface area contributed by atoms with Crippen molar-refractivity contribution in [2.45, 2.75) is 46.6 Å². The van der Waals surface area contributed by atoms with E-state index in [4.69, 9.17) is 0 Å². The molecule has 0 atom stereocenters. The molecule has 3 heterocycles. The van der Waals surface area contributed by atoms with Gasteiger partial charge in [0, 0.05) is 44.0 Å². The second kappa shape index (κ2) is 8.83. The molecule has 0 spiro atoms. The summed E-state index contributed by atoms with van der Waals surface area (Å²) in [5.41, 5.74) is 5.85. The number of benzene rings is 1. The molecule has 1 N–H and O–H groups in total. The van der Waals surface area contributed by atoms with Crippen molar-refractivity contribution in [2.24, 2.45) is 0 Å². The number of aromatic nitrogens is 4. The zero-order valence-electron chi connectivity index (χ0n) is 19.5. The molecule has 1 aromatic carbocycles. The second-order valence-electron chi connectivity index (χ2n) is 9.51. The monoisotopic (exact) mass is 421 g/mol. The smallest absolute Gasteiger partial charge is 0.165 e. The van der Waals surface area contributed by atoms with Crippen molar-refractivity contribution in [3.8, 4) is 0 Å². The van der Waals surface area contributed by atoms with E-state index in [0.717, 1.165) is 62.7 Å². The molecule has 0 bridgehead atoms. The van der Waals surface area contributed by atoms with Gasteiger partial charge in [-0.05, 0) is 64.8 Å². The lowest BCUT2D eigenvalue weighted by molar-refractivity contribution is 0.257. The van der Waals surface area contributed by atoms with E-state index < -0.39 is 0 Å². The van der Waals surface area contributed by atoms with Gasteiger partial charge in [0.25, 0.3) is 0 Å². The van der Waals surface area contributed by atoms with Crippen molar-refractivity contribution in [3.63, 3.8) is 0 Å². The van der Waals surface area contributed by atoms with Gasteiger partial charge in [0.15, 0.2) is 11.5 Å². The summed E-state index contributed by atoms with van der Waals surface area (Å²) in [5, 5.41) is 3.48. The van der Waals surface area contributed by atoms with Crippen molar-refractivity contribution >= 4 is 22.7 Å². The molecule has 2 aromatic heterocycles. The SMILES string of the molecule is Cc1cccc(N2CCN(CCCNc3ncnc4c3ncn4C(C)(C)C)CC2)c1C. The summed E-state index contributed by atoms with van der Waals surface area (Å²) in [6.45, 7) is 17.3. The first-order valence-electron chi connectivity index (χ1n) is 11.3. The third-order valence-electron chi connectivity index (χ3n) is 6.29. The quantitative estimate of drug-likeness (QED) is 0.611. The zero-order valence-corrected chi connectivity index (χ0v) is 19.5. The van der Waals surface area contributed by atoms with Crippen LogP contribution < -0.4 is 10.2 Å². The predicted octanol–water partition coefficient (Wildman–Crippen LogP) is 3.82. The summed E-state index contributed by atoms with van der Waals surface area (Å²) in [6, 6.07) is 6.62. The van der Waals surface area contributed by atoms with Crippen LogP contribution in [-0.4, -0.2) is 63.7 Å². The molecule has 0 saturated carbocycles. The topological polar surface area (TPSA) is 62.1 Å². The van der Waals surface area contributed by atoms with Crippen molar-refractivity contribution in [1.82, 2.24) is 24.4 Å². The molecule has 1 fully saturated rings. The molecular formula is C24H35N7. The highest BCUT2D eigenvalue weighted by Gasteiger charge is 2.20. The van der Waals surface area contributed by atoms with E-state index in [-0.39, 0.29) is 5.54 Å². The summed E-state index contributed by atoms with van der Waals surface area (Å²) < 4.78 is 2.10. The van der Waals surface area contributed by atoms with Crippen LogP contribution in [0.5, 0.6) is 0 Å². The number of hydrogen-bond acceptors (Lipinski definition) is 6. The highest BCUT2D eigenvalue weighted by molar-refractivity contribution is 5.82. The predicted molar refractivity (Wildman–Crippen MR) is 128 cm³/mol. The highest BCUT2D eigenvalue weighted by atomic mass is 15.3. The molecule has 0 radical (unpaired) electrons. The minimum Gasteiger partial charge on any atom is -0.369 e. The molecule has 3 aromatic rings.